The van der Waals surface area contributed by atoms with Gasteiger partial charge in [0.05, 0.1) is 0 Å². The van der Waals surface area contributed by atoms with Crippen LogP contribution in [-0.4, -0.2) is 29.9 Å². The van der Waals surface area contributed by atoms with Crippen LogP contribution in [0.1, 0.15) is 15.2 Å². The number of halogens is 1. The zero-order chi connectivity index (χ0) is 15.7. The number of amides is 1. The second-order valence-electron chi connectivity index (χ2n) is 5.78. The molecule has 1 aromatic carbocycles. The minimum Gasteiger partial charge on any atom is -0.314 e. The van der Waals surface area contributed by atoms with E-state index in [1.807, 2.05) is 30.3 Å². The molecule has 1 aromatic heterocycles. The zero-order valence-electron chi connectivity index (χ0n) is 12.9. The molecule has 0 radical (unpaired) electrons. The molecule has 1 saturated heterocycles. The lowest BCUT2D eigenvalue weighted by Crippen LogP contribution is -2.41. The van der Waals surface area contributed by atoms with Gasteiger partial charge in [-0.3, -0.25) is 4.79 Å². The van der Waals surface area contributed by atoms with Crippen LogP contribution >= 0.6 is 35.5 Å². The Hall–Kier alpha value is -1.34. The number of nitrogens with one attached hydrogen (secondary N) is 2. The summed E-state index contributed by atoms with van der Waals surface area (Å²) in [4.78, 5) is 18.6. The van der Waals surface area contributed by atoms with Crippen molar-refractivity contribution in [2.45, 2.75) is 5.54 Å². The molecule has 2 aromatic rings. The first-order valence-corrected chi connectivity index (χ1v) is 9.48. The number of thiophene rings is 1. The van der Waals surface area contributed by atoms with Crippen molar-refractivity contribution in [3.63, 3.8) is 0 Å². The fourth-order valence-corrected chi connectivity index (χ4v) is 5.26. The second kappa shape index (κ2) is 7.27. The Morgan fingerprint density at radius 1 is 1.25 bits per heavy atom. The number of fused-ring (bicyclic) bond motifs is 1. The van der Waals surface area contributed by atoms with Gasteiger partial charge in [0, 0.05) is 35.2 Å². The van der Waals surface area contributed by atoms with Crippen LogP contribution in [0, 0.1) is 5.92 Å². The van der Waals surface area contributed by atoms with Gasteiger partial charge in [-0.05, 0) is 23.6 Å². The van der Waals surface area contributed by atoms with E-state index in [4.69, 9.17) is 4.99 Å². The number of benzene rings is 1. The van der Waals surface area contributed by atoms with Gasteiger partial charge in [-0.15, -0.1) is 23.7 Å². The molecule has 1 fully saturated rings. The van der Waals surface area contributed by atoms with E-state index in [0.29, 0.717) is 11.5 Å². The quantitative estimate of drug-likeness (QED) is 0.842. The molecule has 0 aliphatic carbocycles. The highest BCUT2D eigenvalue weighted by Gasteiger charge is 2.47. The van der Waals surface area contributed by atoms with Crippen LogP contribution in [0.3, 0.4) is 0 Å². The van der Waals surface area contributed by atoms with Crippen LogP contribution in [0.5, 0.6) is 0 Å². The lowest BCUT2D eigenvalue weighted by Gasteiger charge is -2.34. The average molecular weight is 380 g/mol. The van der Waals surface area contributed by atoms with Crippen molar-refractivity contribution in [3.8, 4) is 0 Å². The van der Waals surface area contributed by atoms with E-state index >= 15 is 0 Å². The summed E-state index contributed by atoms with van der Waals surface area (Å²) in [6, 6.07) is 13.5. The molecule has 0 bridgehead atoms. The van der Waals surface area contributed by atoms with Gasteiger partial charge in [-0.2, -0.15) is 0 Å². The van der Waals surface area contributed by atoms with E-state index in [1.54, 1.807) is 23.1 Å². The summed E-state index contributed by atoms with van der Waals surface area (Å²) < 4.78 is 0. The predicted octanol–water partition coefficient (Wildman–Crippen LogP) is 3.12. The summed E-state index contributed by atoms with van der Waals surface area (Å²) in [5.74, 6) is 1.35. The number of carbonyl (C=O) groups is 1. The molecule has 3 heterocycles. The number of thioether (sulfide) groups is 1. The fourth-order valence-electron chi connectivity index (χ4n) is 3.16. The molecular weight excluding hydrogens is 362 g/mol. The number of rotatable bonds is 2. The number of carbonyl (C=O) groups excluding carboxylic acids is 1. The van der Waals surface area contributed by atoms with Crippen LogP contribution in [0.15, 0.2) is 52.8 Å². The van der Waals surface area contributed by atoms with Gasteiger partial charge in [0.1, 0.15) is 5.54 Å². The van der Waals surface area contributed by atoms with Crippen molar-refractivity contribution in [2.24, 2.45) is 10.9 Å². The van der Waals surface area contributed by atoms with E-state index < -0.39 is 0 Å². The van der Waals surface area contributed by atoms with Gasteiger partial charge in [-0.1, -0.05) is 36.0 Å². The Labute approximate surface area is 155 Å². The van der Waals surface area contributed by atoms with Gasteiger partial charge in [0.2, 0.25) is 0 Å². The molecule has 4 nitrogen and oxygen atoms in total. The normalized spacial score (nSPS) is 25.3. The Morgan fingerprint density at radius 3 is 2.83 bits per heavy atom. The minimum absolute atomic E-state index is 0. The zero-order valence-corrected chi connectivity index (χ0v) is 15.3. The number of aliphatic imine (C=N–C) groups is 1. The third kappa shape index (κ3) is 3.11. The molecule has 0 saturated carbocycles. The monoisotopic (exact) mass is 379 g/mol. The van der Waals surface area contributed by atoms with Gasteiger partial charge in [0.15, 0.2) is 5.17 Å². The summed E-state index contributed by atoms with van der Waals surface area (Å²) in [6.45, 7) is 1.82. The van der Waals surface area contributed by atoms with E-state index in [0.717, 1.165) is 24.0 Å². The minimum atomic E-state index is -0.223. The highest BCUT2D eigenvalue weighted by Crippen LogP contribution is 2.44. The molecule has 1 amide bonds. The molecule has 7 heteroatoms. The summed E-state index contributed by atoms with van der Waals surface area (Å²) in [5.41, 5.74) is 0.436. The topological polar surface area (TPSA) is 53.5 Å². The number of hydrogen-bond donors (Lipinski definition) is 2. The highest BCUT2D eigenvalue weighted by molar-refractivity contribution is 8.13. The molecule has 1 unspecified atom stereocenters. The largest absolute Gasteiger partial charge is 0.314 e. The molecular formula is C17H18ClN3OS2. The first-order valence-electron chi connectivity index (χ1n) is 7.62. The van der Waals surface area contributed by atoms with Gasteiger partial charge >= 0.3 is 0 Å². The standard InChI is InChI=1S/C17H17N3OS2.ClH/c21-15(12-5-2-1-3-6-12)19-16-20-17(14-7-4-8-22-14)11-18-9-13(17)10-23-16;/h1-8,13,18H,9-11H2,(H,19,20,21);1H/t13-,17?;/m0./s1. The summed E-state index contributed by atoms with van der Waals surface area (Å²) in [7, 11) is 0. The van der Waals surface area contributed by atoms with Crippen LogP contribution in [0.4, 0.5) is 0 Å². The van der Waals surface area contributed by atoms with Crippen molar-refractivity contribution < 1.29 is 4.79 Å². The van der Waals surface area contributed by atoms with Crippen molar-refractivity contribution in [1.82, 2.24) is 10.6 Å². The van der Waals surface area contributed by atoms with Crippen LogP contribution in [0.25, 0.3) is 0 Å². The van der Waals surface area contributed by atoms with Crippen molar-refractivity contribution in [3.05, 3.63) is 58.3 Å². The Morgan fingerprint density at radius 2 is 2.08 bits per heavy atom. The van der Waals surface area contributed by atoms with E-state index in [9.17, 15) is 4.79 Å². The SMILES string of the molecule is Cl.O=C(NC1=NC2(c3cccs3)CNC[C@H]2CS1)c1ccccc1. The third-order valence-corrected chi connectivity index (χ3v) is 6.46. The maximum Gasteiger partial charge on any atom is 0.257 e. The van der Waals surface area contributed by atoms with E-state index in [-0.39, 0.29) is 23.9 Å². The summed E-state index contributed by atoms with van der Waals surface area (Å²) >= 11 is 3.39. The molecule has 2 aliphatic rings. The Kier molecular flexibility index (Phi) is 5.30. The van der Waals surface area contributed by atoms with Crippen molar-refractivity contribution >= 4 is 46.6 Å². The summed E-state index contributed by atoms with van der Waals surface area (Å²) in [6.07, 6.45) is 0. The number of amidine groups is 1. The van der Waals surface area contributed by atoms with Gasteiger partial charge in [0.25, 0.3) is 5.91 Å². The highest BCUT2D eigenvalue weighted by atomic mass is 35.5. The molecule has 2 atom stereocenters. The fraction of sp³-hybridized carbons (Fsp3) is 0.294. The molecule has 2 N–H and O–H groups in total. The first-order chi connectivity index (χ1) is 11.3. The van der Waals surface area contributed by atoms with Crippen LogP contribution in [-0.2, 0) is 5.54 Å². The number of nitrogens with zero attached hydrogens (tertiary/aromatic N) is 1. The van der Waals surface area contributed by atoms with Crippen LogP contribution in [0.2, 0.25) is 0 Å². The Bertz CT molecular complexity index is 736. The lowest BCUT2D eigenvalue weighted by molar-refractivity contribution is 0.0977. The lowest BCUT2D eigenvalue weighted by atomic mass is 9.87. The first kappa shape index (κ1) is 17.5. The summed E-state index contributed by atoms with van der Waals surface area (Å²) in [5, 5.41) is 9.28. The molecule has 2 aliphatic heterocycles. The van der Waals surface area contributed by atoms with Gasteiger partial charge < -0.3 is 10.6 Å². The third-order valence-electron chi connectivity index (χ3n) is 4.39. The Balaban J connectivity index is 0.00000169. The van der Waals surface area contributed by atoms with Crippen LogP contribution < -0.4 is 10.6 Å². The number of hydrogen-bond acceptors (Lipinski definition) is 5. The van der Waals surface area contributed by atoms with E-state index in [2.05, 4.69) is 28.1 Å². The van der Waals surface area contributed by atoms with Crippen molar-refractivity contribution in [1.29, 1.82) is 0 Å². The molecule has 4 rings (SSSR count). The average Bonchev–Trinajstić information content (AvgIpc) is 3.25. The maximum atomic E-state index is 12.4. The van der Waals surface area contributed by atoms with Gasteiger partial charge in [-0.25, -0.2) is 4.99 Å². The molecule has 126 valence electrons. The van der Waals surface area contributed by atoms with Crippen molar-refractivity contribution in [2.75, 3.05) is 18.8 Å². The van der Waals surface area contributed by atoms with E-state index in [1.165, 1.54) is 4.88 Å². The molecule has 0 spiro atoms. The maximum absolute atomic E-state index is 12.4. The molecule has 24 heavy (non-hydrogen) atoms. The second-order valence-corrected chi connectivity index (χ2v) is 7.73. The predicted molar refractivity (Wildman–Crippen MR) is 103 cm³/mol. The smallest absolute Gasteiger partial charge is 0.257 e.